The number of nitrogens with zero attached hydrogens (tertiary/aromatic N) is 2. The topological polar surface area (TPSA) is 29.9 Å². The molecule has 6 heteroatoms. The van der Waals surface area contributed by atoms with Crippen molar-refractivity contribution in [1.82, 2.24) is 9.78 Å². The van der Waals surface area contributed by atoms with E-state index in [-0.39, 0.29) is 0 Å². The van der Waals surface area contributed by atoms with Crippen LogP contribution in [0.1, 0.15) is 5.69 Å². The lowest BCUT2D eigenvalue weighted by Crippen LogP contribution is -2.07. The molecule has 0 bridgehead atoms. The molecular weight excluding hydrogens is 231 g/mol. The van der Waals surface area contributed by atoms with E-state index in [0.717, 1.165) is 11.8 Å². The highest BCUT2D eigenvalue weighted by Gasteiger charge is 2.33. The van der Waals surface area contributed by atoms with E-state index in [1.807, 2.05) is 0 Å². The first kappa shape index (κ1) is 11.5. The fourth-order valence-electron chi connectivity index (χ4n) is 1.40. The third-order valence-electron chi connectivity index (χ3n) is 2.30. The van der Waals surface area contributed by atoms with Gasteiger partial charge in [-0.1, -0.05) is 0 Å². The number of hydrogen-bond donors (Lipinski definition) is 1. The quantitative estimate of drug-likeness (QED) is 0.876. The van der Waals surface area contributed by atoms with Gasteiger partial charge in [0.15, 0.2) is 5.69 Å². The first-order valence-electron chi connectivity index (χ1n) is 4.92. The lowest BCUT2D eigenvalue weighted by atomic mass is 10.3. The SMILES string of the molecule is CNc1ccc(-n2ccc(C(F)(F)F)n2)cc1. The van der Waals surface area contributed by atoms with Crippen LogP contribution in [0.4, 0.5) is 18.9 Å². The van der Waals surface area contributed by atoms with E-state index in [4.69, 9.17) is 0 Å². The summed E-state index contributed by atoms with van der Waals surface area (Å²) in [5.74, 6) is 0. The zero-order valence-corrected chi connectivity index (χ0v) is 8.99. The van der Waals surface area contributed by atoms with Crippen molar-refractivity contribution >= 4 is 5.69 Å². The average molecular weight is 241 g/mol. The van der Waals surface area contributed by atoms with Crippen LogP contribution in [0.15, 0.2) is 36.5 Å². The summed E-state index contributed by atoms with van der Waals surface area (Å²) in [6, 6.07) is 7.87. The van der Waals surface area contributed by atoms with Crippen molar-refractivity contribution in [2.24, 2.45) is 0 Å². The van der Waals surface area contributed by atoms with Crippen LogP contribution < -0.4 is 5.32 Å². The predicted molar refractivity (Wildman–Crippen MR) is 58.1 cm³/mol. The van der Waals surface area contributed by atoms with E-state index in [2.05, 4.69) is 10.4 Å². The average Bonchev–Trinajstić information content (AvgIpc) is 2.78. The summed E-state index contributed by atoms with van der Waals surface area (Å²) in [7, 11) is 1.77. The monoisotopic (exact) mass is 241 g/mol. The third kappa shape index (κ3) is 2.41. The Labute approximate surface area is 95.9 Å². The second-order valence-corrected chi connectivity index (χ2v) is 3.44. The number of benzene rings is 1. The van der Waals surface area contributed by atoms with Gasteiger partial charge in [0, 0.05) is 18.9 Å². The summed E-state index contributed by atoms with van der Waals surface area (Å²) in [5, 5.41) is 6.40. The number of nitrogens with one attached hydrogen (secondary N) is 1. The van der Waals surface area contributed by atoms with Gasteiger partial charge in [0.05, 0.1) is 5.69 Å². The normalized spacial score (nSPS) is 11.5. The Kier molecular flexibility index (Phi) is 2.79. The van der Waals surface area contributed by atoms with E-state index < -0.39 is 11.9 Å². The van der Waals surface area contributed by atoms with E-state index >= 15 is 0 Å². The van der Waals surface area contributed by atoms with Crippen LogP contribution in [0.5, 0.6) is 0 Å². The largest absolute Gasteiger partial charge is 0.435 e. The minimum absolute atomic E-state index is 0.583. The lowest BCUT2D eigenvalue weighted by molar-refractivity contribution is -0.141. The molecule has 1 N–H and O–H groups in total. The minimum atomic E-state index is -4.41. The molecule has 0 aliphatic carbocycles. The molecule has 0 radical (unpaired) electrons. The van der Waals surface area contributed by atoms with Gasteiger partial charge in [-0.25, -0.2) is 4.68 Å². The van der Waals surface area contributed by atoms with Crippen molar-refractivity contribution in [2.45, 2.75) is 6.18 Å². The first-order valence-corrected chi connectivity index (χ1v) is 4.92. The van der Waals surface area contributed by atoms with Crippen molar-refractivity contribution in [1.29, 1.82) is 0 Å². The number of hydrogen-bond acceptors (Lipinski definition) is 2. The molecule has 3 nitrogen and oxygen atoms in total. The predicted octanol–water partition coefficient (Wildman–Crippen LogP) is 2.93. The number of rotatable bonds is 2. The molecule has 2 rings (SSSR count). The molecular formula is C11H10F3N3. The molecule has 0 saturated carbocycles. The van der Waals surface area contributed by atoms with Crippen molar-refractivity contribution in [3.8, 4) is 5.69 Å². The van der Waals surface area contributed by atoms with Gasteiger partial charge >= 0.3 is 6.18 Å². The van der Waals surface area contributed by atoms with Crippen LogP contribution in [0.3, 0.4) is 0 Å². The van der Waals surface area contributed by atoms with E-state index in [9.17, 15) is 13.2 Å². The summed E-state index contributed by atoms with van der Waals surface area (Å²) in [5.41, 5.74) is 0.576. The Hall–Kier alpha value is -1.98. The van der Waals surface area contributed by atoms with E-state index in [0.29, 0.717) is 5.69 Å². The summed E-state index contributed by atoms with van der Waals surface area (Å²) < 4.78 is 38.2. The molecule has 0 atom stereocenters. The number of alkyl halides is 3. The minimum Gasteiger partial charge on any atom is -0.388 e. The molecule has 17 heavy (non-hydrogen) atoms. The Morgan fingerprint density at radius 1 is 1.12 bits per heavy atom. The van der Waals surface area contributed by atoms with Crippen LogP contribution in [-0.4, -0.2) is 16.8 Å². The van der Waals surface area contributed by atoms with Gasteiger partial charge in [-0.3, -0.25) is 0 Å². The fraction of sp³-hybridized carbons (Fsp3) is 0.182. The summed E-state index contributed by atoms with van der Waals surface area (Å²) in [6.45, 7) is 0. The van der Waals surface area contributed by atoms with Crippen LogP contribution in [-0.2, 0) is 6.18 Å². The maximum absolute atomic E-state index is 12.3. The van der Waals surface area contributed by atoms with Gasteiger partial charge < -0.3 is 5.32 Å². The molecule has 0 aliphatic rings. The van der Waals surface area contributed by atoms with E-state index in [1.54, 1.807) is 31.3 Å². The molecule has 0 spiro atoms. The van der Waals surface area contributed by atoms with Crippen LogP contribution in [0.25, 0.3) is 5.69 Å². The van der Waals surface area contributed by atoms with Crippen molar-refractivity contribution < 1.29 is 13.2 Å². The maximum Gasteiger partial charge on any atom is 0.435 e. The molecule has 1 aromatic heterocycles. The lowest BCUT2D eigenvalue weighted by Gasteiger charge is -2.04. The smallest absolute Gasteiger partial charge is 0.388 e. The van der Waals surface area contributed by atoms with Gasteiger partial charge in [0.1, 0.15) is 0 Å². The van der Waals surface area contributed by atoms with E-state index in [1.165, 1.54) is 10.9 Å². The van der Waals surface area contributed by atoms with Crippen molar-refractivity contribution in [3.05, 3.63) is 42.2 Å². The maximum atomic E-state index is 12.3. The molecule has 0 amide bonds. The van der Waals surface area contributed by atoms with Gasteiger partial charge in [0.25, 0.3) is 0 Å². The van der Waals surface area contributed by atoms with Crippen molar-refractivity contribution in [3.63, 3.8) is 0 Å². The molecule has 1 aromatic carbocycles. The van der Waals surface area contributed by atoms with Gasteiger partial charge in [-0.05, 0) is 30.3 Å². The Morgan fingerprint density at radius 3 is 2.24 bits per heavy atom. The zero-order valence-electron chi connectivity index (χ0n) is 8.99. The van der Waals surface area contributed by atoms with Crippen LogP contribution in [0, 0.1) is 0 Å². The third-order valence-corrected chi connectivity index (χ3v) is 2.30. The number of anilines is 1. The highest BCUT2D eigenvalue weighted by Crippen LogP contribution is 2.27. The molecule has 2 aromatic rings. The molecule has 1 heterocycles. The Balaban J connectivity index is 2.30. The fourth-order valence-corrected chi connectivity index (χ4v) is 1.40. The van der Waals surface area contributed by atoms with Gasteiger partial charge in [-0.15, -0.1) is 0 Å². The Morgan fingerprint density at radius 2 is 1.76 bits per heavy atom. The van der Waals surface area contributed by atoms with Gasteiger partial charge in [0.2, 0.25) is 0 Å². The zero-order chi connectivity index (χ0) is 12.5. The highest BCUT2D eigenvalue weighted by atomic mass is 19.4. The standard InChI is InChI=1S/C11H10F3N3/c1-15-8-2-4-9(5-3-8)17-7-6-10(16-17)11(12,13)14/h2-7,15H,1H3. The molecule has 0 fully saturated rings. The summed E-state index contributed by atoms with van der Waals surface area (Å²) >= 11 is 0. The van der Waals surface area contributed by atoms with Crippen LogP contribution in [0.2, 0.25) is 0 Å². The second-order valence-electron chi connectivity index (χ2n) is 3.44. The summed E-state index contributed by atoms with van der Waals surface area (Å²) in [4.78, 5) is 0. The molecule has 0 unspecified atom stereocenters. The Bertz CT molecular complexity index is 499. The number of aromatic nitrogens is 2. The van der Waals surface area contributed by atoms with Gasteiger partial charge in [-0.2, -0.15) is 18.3 Å². The second kappa shape index (κ2) is 4.12. The summed E-state index contributed by atoms with van der Waals surface area (Å²) in [6.07, 6.45) is -3.12. The van der Waals surface area contributed by atoms with Crippen molar-refractivity contribution in [2.75, 3.05) is 12.4 Å². The molecule has 0 aliphatic heterocycles. The molecule has 90 valence electrons. The first-order chi connectivity index (χ1) is 8.00. The molecule has 0 saturated heterocycles. The van der Waals surface area contributed by atoms with Crippen LogP contribution >= 0.6 is 0 Å². The highest BCUT2D eigenvalue weighted by molar-refractivity contribution is 5.47. The number of halogens is 3.